The molecule has 0 aliphatic heterocycles. The van der Waals surface area contributed by atoms with Crippen molar-refractivity contribution in [3.8, 4) is 0 Å². The minimum absolute atomic E-state index is 0.820. The topological polar surface area (TPSA) is 37.3 Å². The molecular formula is C18H32O2. The van der Waals surface area contributed by atoms with Crippen molar-refractivity contribution < 1.29 is 9.90 Å². The molecular weight excluding hydrogens is 248 g/mol. The Kier molecular flexibility index (Phi) is 15.2. The number of hydrogen-bond donors (Lipinski definition) is 1. The van der Waals surface area contributed by atoms with Crippen LogP contribution in [0.2, 0.25) is 0 Å². The molecule has 0 aromatic carbocycles. The maximum Gasteiger partial charge on any atom is 0.327 e. The molecule has 0 bridgehead atoms. The van der Waals surface area contributed by atoms with Gasteiger partial charge >= 0.3 is 5.97 Å². The van der Waals surface area contributed by atoms with Crippen LogP contribution in [0, 0.1) is 0 Å². The lowest BCUT2D eigenvalue weighted by molar-refractivity contribution is -0.131. The number of rotatable bonds is 14. The number of allylic oxidation sites excluding steroid dienone is 3. The van der Waals surface area contributed by atoms with E-state index >= 15 is 0 Å². The molecule has 2 nitrogen and oxygen atoms in total. The van der Waals surface area contributed by atoms with Crippen LogP contribution in [0.3, 0.4) is 0 Å². The Morgan fingerprint density at radius 1 is 0.750 bits per heavy atom. The molecule has 0 saturated heterocycles. The van der Waals surface area contributed by atoms with Crippen LogP contribution in [-0.4, -0.2) is 11.1 Å². The lowest BCUT2D eigenvalue weighted by Crippen LogP contribution is -1.85. The summed E-state index contributed by atoms with van der Waals surface area (Å²) in [6.45, 7) is 2.26. The molecule has 20 heavy (non-hydrogen) atoms. The van der Waals surface area contributed by atoms with Gasteiger partial charge in [-0.05, 0) is 25.7 Å². The standard InChI is InChI=1S/C18H32O2/c1-2-3-4-5-6-7-8-9-10-11-12-13-14-15-16-17-18(19)20/h12-13,16-17H,2-11,14-15H2,1H3,(H,19,20)/b13-12+,17-16+. The van der Waals surface area contributed by atoms with Crippen LogP contribution >= 0.6 is 0 Å². The first kappa shape index (κ1) is 18.9. The van der Waals surface area contributed by atoms with E-state index in [1.165, 1.54) is 70.3 Å². The van der Waals surface area contributed by atoms with Crippen LogP contribution in [0.15, 0.2) is 24.3 Å². The molecule has 1 N–H and O–H groups in total. The number of carboxylic acid groups (broad SMARTS) is 1. The van der Waals surface area contributed by atoms with Gasteiger partial charge < -0.3 is 5.11 Å². The minimum atomic E-state index is -0.858. The summed E-state index contributed by atoms with van der Waals surface area (Å²) in [7, 11) is 0. The molecule has 0 amide bonds. The second kappa shape index (κ2) is 16.0. The highest BCUT2D eigenvalue weighted by atomic mass is 16.4. The Balaban J connectivity index is 3.13. The Morgan fingerprint density at radius 2 is 1.25 bits per heavy atom. The zero-order valence-corrected chi connectivity index (χ0v) is 13.2. The highest BCUT2D eigenvalue weighted by Gasteiger charge is 1.91. The maximum atomic E-state index is 10.2. The van der Waals surface area contributed by atoms with Crippen molar-refractivity contribution in [3.05, 3.63) is 24.3 Å². The summed E-state index contributed by atoms with van der Waals surface area (Å²) in [4.78, 5) is 10.2. The fourth-order valence-corrected chi connectivity index (χ4v) is 2.19. The Morgan fingerprint density at radius 3 is 1.85 bits per heavy atom. The molecule has 0 heterocycles. The zero-order valence-electron chi connectivity index (χ0n) is 13.2. The highest BCUT2D eigenvalue weighted by molar-refractivity contribution is 5.79. The average Bonchev–Trinajstić information content (AvgIpc) is 2.43. The SMILES string of the molecule is CCCCCCCCCCC/C=C/CC/C=C/C(=O)O. The zero-order chi connectivity index (χ0) is 14.9. The lowest BCUT2D eigenvalue weighted by atomic mass is 10.1. The van der Waals surface area contributed by atoms with Gasteiger partial charge in [0.05, 0.1) is 0 Å². The van der Waals surface area contributed by atoms with Crippen molar-refractivity contribution in [1.82, 2.24) is 0 Å². The summed E-state index contributed by atoms with van der Waals surface area (Å²) >= 11 is 0. The number of unbranched alkanes of at least 4 members (excludes halogenated alkanes) is 10. The third-order valence-electron chi connectivity index (χ3n) is 3.40. The summed E-state index contributed by atoms with van der Waals surface area (Å²) in [6.07, 6.45) is 22.6. The van der Waals surface area contributed by atoms with Gasteiger partial charge in [0, 0.05) is 6.08 Å². The maximum absolute atomic E-state index is 10.2. The predicted octanol–water partition coefficient (Wildman–Crippen LogP) is 5.88. The molecule has 0 saturated carbocycles. The van der Waals surface area contributed by atoms with Gasteiger partial charge in [0.25, 0.3) is 0 Å². The second-order valence-corrected chi connectivity index (χ2v) is 5.41. The molecule has 0 spiro atoms. The fourth-order valence-electron chi connectivity index (χ4n) is 2.19. The molecule has 0 rings (SSSR count). The first-order valence-corrected chi connectivity index (χ1v) is 8.31. The largest absolute Gasteiger partial charge is 0.478 e. The van der Waals surface area contributed by atoms with Gasteiger partial charge in [0.1, 0.15) is 0 Å². The van der Waals surface area contributed by atoms with E-state index in [0.717, 1.165) is 12.8 Å². The smallest absolute Gasteiger partial charge is 0.327 e. The number of carbonyl (C=O) groups is 1. The van der Waals surface area contributed by atoms with Crippen LogP contribution in [0.25, 0.3) is 0 Å². The third-order valence-corrected chi connectivity index (χ3v) is 3.40. The molecule has 0 aromatic heterocycles. The average molecular weight is 280 g/mol. The number of carboxylic acids is 1. The highest BCUT2D eigenvalue weighted by Crippen LogP contribution is 2.10. The van der Waals surface area contributed by atoms with Gasteiger partial charge in [-0.3, -0.25) is 0 Å². The van der Waals surface area contributed by atoms with Crippen LogP contribution in [0.5, 0.6) is 0 Å². The van der Waals surface area contributed by atoms with Crippen molar-refractivity contribution in [3.63, 3.8) is 0 Å². The first-order chi connectivity index (χ1) is 9.77. The second-order valence-electron chi connectivity index (χ2n) is 5.41. The molecule has 0 aliphatic rings. The van der Waals surface area contributed by atoms with E-state index in [-0.39, 0.29) is 0 Å². The van der Waals surface area contributed by atoms with E-state index in [4.69, 9.17) is 5.11 Å². The van der Waals surface area contributed by atoms with Gasteiger partial charge in [-0.1, -0.05) is 76.5 Å². The molecule has 0 aliphatic carbocycles. The third kappa shape index (κ3) is 16.9. The van der Waals surface area contributed by atoms with Crippen molar-refractivity contribution in [1.29, 1.82) is 0 Å². The van der Waals surface area contributed by atoms with Gasteiger partial charge in [-0.25, -0.2) is 4.79 Å². The van der Waals surface area contributed by atoms with Gasteiger partial charge in [0.15, 0.2) is 0 Å². The first-order valence-electron chi connectivity index (χ1n) is 8.31. The molecule has 0 unspecified atom stereocenters. The van der Waals surface area contributed by atoms with E-state index in [2.05, 4.69) is 19.1 Å². The number of aliphatic carboxylic acids is 1. The van der Waals surface area contributed by atoms with Crippen molar-refractivity contribution in [2.75, 3.05) is 0 Å². The van der Waals surface area contributed by atoms with E-state index < -0.39 is 5.97 Å². The molecule has 0 radical (unpaired) electrons. The van der Waals surface area contributed by atoms with E-state index in [1.807, 2.05) is 0 Å². The summed E-state index contributed by atoms with van der Waals surface area (Å²) < 4.78 is 0. The van der Waals surface area contributed by atoms with E-state index in [1.54, 1.807) is 6.08 Å². The monoisotopic (exact) mass is 280 g/mol. The minimum Gasteiger partial charge on any atom is -0.478 e. The lowest BCUT2D eigenvalue weighted by Gasteiger charge is -2.00. The fraction of sp³-hybridized carbons (Fsp3) is 0.722. The van der Waals surface area contributed by atoms with E-state index in [0.29, 0.717) is 0 Å². The van der Waals surface area contributed by atoms with Crippen LogP contribution in [0.1, 0.15) is 84.0 Å². The molecule has 2 heteroatoms. The van der Waals surface area contributed by atoms with Gasteiger partial charge in [0.2, 0.25) is 0 Å². The molecule has 0 atom stereocenters. The van der Waals surface area contributed by atoms with Gasteiger partial charge in [-0.15, -0.1) is 0 Å². The summed E-state index contributed by atoms with van der Waals surface area (Å²) in [5, 5.41) is 8.41. The number of hydrogen-bond acceptors (Lipinski definition) is 1. The molecule has 0 fully saturated rings. The predicted molar refractivity (Wildman–Crippen MR) is 87.0 cm³/mol. The Bertz CT molecular complexity index is 267. The quantitative estimate of drug-likeness (QED) is 0.245. The summed E-state index contributed by atoms with van der Waals surface area (Å²) in [6, 6.07) is 0. The molecule has 116 valence electrons. The van der Waals surface area contributed by atoms with Crippen LogP contribution in [0.4, 0.5) is 0 Å². The molecule has 0 aromatic rings. The summed E-state index contributed by atoms with van der Waals surface area (Å²) in [5.41, 5.74) is 0. The Labute approximate surface area is 125 Å². The van der Waals surface area contributed by atoms with Crippen molar-refractivity contribution in [2.45, 2.75) is 84.0 Å². The van der Waals surface area contributed by atoms with Gasteiger partial charge in [-0.2, -0.15) is 0 Å². The normalized spacial score (nSPS) is 11.7. The summed E-state index contributed by atoms with van der Waals surface area (Å²) in [5.74, 6) is -0.858. The van der Waals surface area contributed by atoms with E-state index in [9.17, 15) is 4.79 Å². The Hall–Kier alpha value is -1.05. The van der Waals surface area contributed by atoms with Crippen molar-refractivity contribution >= 4 is 5.97 Å². The van der Waals surface area contributed by atoms with Crippen LogP contribution in [-0.2, 0) is 4.79 Å². The van der Waals surface area contributed by atoms with Crippen molar-refractivity contribution in [2.24, 2.45) is 0 Å². The van der Waals surface area contributed by atoms with Crippen LogP contribution < -0.4 is 0 Å².